The Hall–Kier alpha value is -1.93. The molecule has 0 atom stereocenters. The van der Waals surface area contributed by atoms with Gasteiger partial charge in [0.25, 0.3) is 0 Å². The van der Waals surface area contributed by atoms with Gasteiger partial charge in [0, 0.05) is 10.7 Å². The molecule has 0 saturated carbocycles. The van der Waals surface area contributed by atoms with Crippen LogP contribution >= 0.6 is 15.9 Å². The zero-order valence-corrected chi connectivity index (χ0v) is 10.8. The molecule has 90 valence electrons. The first-order valence-electron chi connectivity index (χ1n) is 5.12. The molecule has 0 bridgehead atoms. The molecule has 0 amide bonds. The van der Waals surface area contributed by atoms with Crippen LogP contribution in [-0.4, -0.2) is 4.98 Å². The number of aromatic nitrogens is 1. The highest BCUT2D eigenvalue weighted by Crippen LogP contribution is 2.19. The lowest BCUT2D eigenvalue weighted by Gasteiger charge is -2.07. The molecule has 0 aliphatic carbocycles. The summed E-state index contributed by atoms with van der Waals surface area (Å²) in [6, 6.07) is 9.54. The van der Waals surface area contributed by atoms with E-state index in [2.05, 4.69) is 20.9 Å². The number of hydrogen-bond acceptors (Lipinski definition) is 3. The molecular weight excluding hydrogens is 299 g/mol. The molecule has 2 aromatic rings. The number of ether oxygens (including phenoxy) is 1. The molecule has 1 aromatic carbocycles. The van der Waals surface area contributed by atoms with Crippen molar-refractivity contribution in [2.75, 3.05) is 0 Å². The Bertz CT molecular complexity index is 610. The van der Waals surface area contributed by atoms with E-state index in [1.807, 2.05) is 6.07 Å². The van der Waals surface area contributed by atoms with Gasteiger partial charge in [-0.1, -0.05) is 15.9 Å². The van der Waals surface area contributed by atoms with Crippen LogP contribution in [0.2, 0.25) is 0 Å². The van der Waals surface area contributed by atoms with E-state index in [0.29, 0.717) is 5.69 Å². The summed E-state index contributed by atoms with van der Waals surface area (Å²) in [5.41, 5.74) is 0.952. The van der Waals surface area contributed by atoms with Gasteiger partial charge in [-0.2, -0.15) is 5.26 Å². The lowest BCUT2D eigenvalue weighted by atomic mass is 10.2. The molecule has 18 heavy (non-hydrogen) atoms. The van der Waals surface area contributed by atoms with Gasteiger partial charge in [0.2, 0.25) is 0 Å². The molecule has 5 heteroatoms. The van der Waals surface area contributed by atoms with Gasteiger partial charge in [-0.05, 0) is 30.3 Å². The van der Waals surface area contributed by atoms with Crippen molar-refractivity contribution in [2.24, 2.45) is 0 Å². The molecule has 0 spiro atoms. The molecule has 0 aliphatic heterocycles. The van der Waals surface area contributed by atoms with Gasteiger partial charge >= 0.3 is 0 Å². The van der Waals surface area contributed by atoms with E-state index in [1.165, 1.54) is 12.1 Å². The third kappa shape index (κ3) is 3.05. The monoisotopic (exact) mass is 306 g/mol. The van der Waals surface area contributed by atoms with Crippen molar-refractivity contribution in [1.29, 1.82) is 5.26 Å². The van der Waals surface area contributed by atoms with Crippen LogP contribution in [-0.2, 0) is 6.61 Å². The summed E-state index contributed by atoms with van der Waals surface area (Å²) >= 11 is 3.32. The van der Waals surface area contributed by atoms with Crippen LogP contribution in [0.3, 0.4) is 0 Å². The summed E-state index contributed by atoms with van der Waals surface area (Å²) in [6.07, 6.45) is 1.64. The molecule has 2 rings (SSSR count). The Balaban J connectivity index is 2.09. The van der Waals surface area contributed by atoms with Crippen LogP contribution in [0.4, 0.5) is 4.39 Å². The first-order chi connectivity index (χ1) is 8.69. The Morgan fingerprint density at radius 3 is 2.83 bits per heavy atom. The van der Waals surface area contributed by atoms with Crippen molar-refractivity contribution in [3.8, 4) is 11.8 Å². The number of halogens is 2. The molecule has 0 N–H and O–H groups in total. The van der Waals surface area contributed by atoms with Gasteiger partial charge in [-0.3, -0.25) is 4.98 Å². The fourth-order valence-corrected chi connectivity index (χ4v) is 1.75. The van der Waals surface area contributed by atoms with Crippen LogP contribution in [0.15, 0.2) is 41.0 Å². The predicted molar refractivity (Wildman–Crippen MR) is 67.4 cm³/mol. The average molecular weight is 307 g/mol. The fourth-order valence-electron chi connectivity index (χ4n) is 1.37. The zero-order chi connectivity index (χ0) is 13.0. The van der Waals surface area contributed by atoms with Crippen LogP contribution in [0.25, 0.3) is 0 Å². The van der Waals surface area contributed by atoms with Crippen molar-refractivity contribution >= 4 is 15.9 Å². The smallest absolute Gasteiger partial charge is 0.166 e. The standard InChI is InChI=1S/C13H8BrFN2O/c14-10-3-4-17-11(6-10)8-18-13-2-1-9(7-16)5-12(13)15/h1-6H,8H2. The van der Waals surface area contributed by atoms with Crippen LogP contribution < -0.4 is 4.74 Å². The quantitative estimate of drug-likeness (QED) is 0.872. The molecule has 0 aliphatic rings. The van der Waals surface area contributed by atoms with E-state index in [-0.39, 0.29) is 17.9 Å². The zero-order valence-electron chi connectivity index (χ0n) is 9.23. The van der Waals surface area contributed by atoms with E-state index >= 15 is 0 Å². The summed E-state index contributed by atoms with van der Waals surface area (Å²) in [7, 11) is 0. The largest absolute Gasteiger partial charge is 0.484 e. The van der Waals surface area contributed by atoms with Crippen LogP contribution in [0.5, 0.6) is 5.75 Å². The number of rotatable bonds is 3. The number of nitrogens with zero attached hydrogens (tertiary/aromatic N) is 2. The summed E-state index contributed by atoms with van der Waals surface area (Å²) in [4.78, 5) is 4.09. The number of hydrogen-bond donors (Lipinski definition) is 0. The fraction of sp³-hybridized carbons (Fsp3) is 0.0769. The van der Waals surface area contributed by atoms with E-state index < -0.39 is 5.82 Å². The van der Waals surface area contributed by atoms with Gasteiger partial charge in [0.1, 0.15) is 6.61 Å². The summed E-state index contributed by atoms with van der Waals surface area (Å²) in [5.74, 6) is -0.445. The normalized spacial score (nSPS) is 9.83. The summed E-state index contributed by atoms with van der Waals surface area (Å²) in [5, 5.41) is 8.62. The highest BCUT2D eigenvalue weighted by atomic mass is 79.9. The SMILES string of the molecule is N#Cc1ccc(OCc2cc(Br)ccn2)c(F)c1. The highest BCUT2D eigenvalue weighted by Gasteiger charge is 2.05. The maximum atomic E-state index is 13.5. The van der Waals surface area contributed by atoms with Crippen LogP contribution in [0.1, 0.15) is 11.3 Å². The van der Waals surface area contributed by atoms with Crippen molar-refractivity contribution in [1.82, 2.24) is 4.98 Å². The van der Waals surface area contributed by atoms with E-state index in [1.54, 1.807) is 18.3 Å². The van der Waals surface area contributed by atoms with Gasteiger partial charge in [0.05, 0.1) is 17.3 Å². The van der Waals surface area contributed by atoms with E-state index in [0.717, 1.165) is 10.5 Å². The van der Waals surface area contributed by atoms with E-state index in [4.69, 9.17) is 10.00 Å². The number of pyridine rings is 1. The number of nitriles is 1. The van der Waals surface area contributed by atoms with Crippen molar-refractivity contribution in [3.05, 3.63) is 58.1 Å². The molecule has 0 unspecified atom stereocenters. The van der Waals surface area contributed by atoms with Crippen LogP contribution in [0, 0.1) is 17.1 Å². The first-order valence-corrected chi connectivity index (χ1v) is 5.91. The lowest BCUT2D eigenvalue weighted by Crippen LogP contribution is -1.99. The van der Waals surface area contributed by atoms with Gasteiger partial charge in [-0.15, -0.1) is 0 Å². The minimum absolute atomic E-state index is 0.107. The second-order valence-corrected chi connectivity index (χ2v) is 4.43. The third-order valence-corrected chi connectivity index (χ3v) is 2.71. The predicted octanol–water partition coefficient (Wildman–Crippen LogP) is 3.43. The molecule has 0 saturated heterocycles. The molecule has 0 radical (unpaired) electrons. The first kappa shape index (κ1) is 12.5. The minimum Gasteiger partial charge on any atom is -0.484 e. The highest BCUT2D eigenvalue weighted by molar-refractivity contribution is 9.10. The second-order valence-electron chi connectivity index (χ2n) is 3.51. The van der Waals surface area contributed by atoms with Crippen molar-refractivity contribution in [2.45, 2.75) is 6.61 Å². The van der Waals surface area contributed by atoms with Crippen molar-refractivity contribution < 1.29 is 9.13 Å². The Morgan fingerprint density at radius 1 is 1.33 bits per heavy atom. The minimum atomic E-state index is -0.552. The maximum absolute atomic E-state index is 13.5. The molecular formula is C13H8BrFN2O. The van der Waals surface area contributed by atoms with Gasteiger partial charge < -0.3 is 4.74 Å². The topological polar surface area (TPSA) is 45.9 Å². The second kappa shape index (κ2) is 5.61. The number of benzene rings is 1. The van der Waals surface area contributed by atoms with E-state index in [9.17, 15) is 4.39 Å². The molecule has 0 fully saturated rings. The van der Waals surface area contributed by atoms with Gasteiger partial charge in [0.15, 0.2) is 11.6 Å². The molecule has 1 aromatic heterocycles. The maximum Gasteiger partial charge on any atom is 0.166 e. The lowest BCUT2D eigenvalue weighted by molar-refractivity contribution is 0.286. The Morgan fingerprint density at radius 2 is 2.17 bits per heavy atom. The molecule has 3 nitrogen and oxygen atoms in total. The third-order valence-electron chi connectivity index (χ3n) is 2.22. The summed E-state index contributed by atoms with van der Waals surface area (Å²) in [6.45, 7) is 0.169. The molecule has 1 heterocycles. The van der Waals surface area contributed by atoms with Crippen molar-refractivity contribution in [3.63, 3.8) is 0 Å². The van der Waals surface area contributed by atoms with Gasteiger partial charge in [-0.25, -0.2) is 4.39 Å². The Labute approximate surface area is 112 Å². The average Bonchev–Trinajstić information content (AvgIpc) is 2.37. The summed E-state index contributed by atoms with van der Waals surface area (Å²) < 4.78 is 19.7. The Kier molecular flexibility index (Phi) is 3.90.